The summed E-state index contributed by atoms with van der Waals surface area (Å²) in [5.41, 5.74) is 0. The SMILES string of the molecule is Oc1cncc2cccc(Cl)c12. The van der Waals surface area contributed by atoms with E-state index in [0.717, 1.165) is 5.39 Å². The standard InChI is InChI=1S/C9H6ClNO/c10-7-3-1-2-6-4-11-5-8(12)9(6)7/h1-5,12H. The molecule has 1 aromatic heterocycles. The molecule has 1 N–H and O–H groups in total. The number of hydrogen-bond donors (Lipinski definition) is 1. The van der Waals surface area contributed by atoms with Gasteiger partial charge >= 0.3 is 0 Å². The molecule has 2 rings (SSSR count). The monoisotopic (exact) mass is 179 g/mol. The van der Waals surface area contributed by atoms with Gasteiger partial charge in [-0.05, 0) is 6.07 Å². The average molecular weight is 180 g/mol. The second-order valence-corrected chi connectivity index (χ2v) is 2.90. The summed E-state index contributed by atoms with van der Waals surface area (Å²) in [6.45, 7) is 0. The Kier molecular flexibility index (Phi) is 1.62. The van der Waals surface area contributed by atoms with E-state index in [9.17, 15) is 5.11 Å². The average Bonchev–Trinajstić information content (AvgIpc) is 2.04. The number of halogens is 1. The lowest BCUT2D eigenvalue weighted by molar-refractivity contribution is 0.479. The predicted molar refractivity (Wildman–Crippen MR) is 48.4 cm³/mol. The first-order valence-corrected chi connectivity index (χ1v) is 3.88. The fourth-order valence-electron chi connectivity index (χ4n) is 1.17. The van der Waals surface area contributed by atoms with Crippen LogP contribution in [0.4, 0.5) is 0 Å². The Bertz CT molecular complexity index is 391. The first-order valence-electron chi connectivity index (χ1n) is 3.50. The van der Waals surface area contributed by atoms with E-state index in [1.807, 2.05) is 12.1 Å². The Balaban J connectivity index is 2.96. The van der Waals surface area contributed by atoms with E-state index in [1.54, 1.807) is 12.3 Å². The van der Waals surface area contributed by atoms with Gasteiger partial charge in [0, 0.05) is 17.0 Å². The van der Waals surface area contributed by atoms with Crippen LogP contribution in [0.25, 0.3) is 10.8 Å². The summed E-state index contributed by atoms with van der Waals surface area (Å²) in [4.78, 5) is 3.84. The first kappa shape index (κ1) is 7.37. The molecule has 0 fully saturated rings. The van der Waals surface area contributed by atoms with Crippen LogP contribution in [0.1, 0.15) is 0 Å². The molecule has 0 unspecified atom stereocenters. The third kappa shape index (κ3) is 1.01. The van der Waals surface area contributed by atoms with Crippen LogP contribution in [0.15, 0.2) is 30.6 Å². The highest BCUT2D eigenvalue weighted by Crippen LogP contribution is 2.29. The predicted octanol–water partition coefficient (Wildman–Crippen LogP) is 2.59. The Morgan fingerprint density at radius 3 is 2.83 bits per heavy atom. The number of nitrogens with zero attached hydrogens (tertiary/aromatic N) is 1. The molecule has 0 saturated heterocycles. The minimum absolute atomic E-state index is 0.123. The maximum Gasteiger partial charge on any atom is 0.143 e. The molecule has 0 saturated carbocycles. The van der Waals surface area contributed by atoms with Crippen molar-refractivity contribution in [2.24, 2.45) is 0 Å². The van der Waals surface area contributed by atoms with E-state index in [0.29, 0.717) is 10.4 Å². The van der Waals surface area contributed by atoms with Gasteiger partial charge in [0.2, 0.25) is 0 Å². The van der Waals surface area contributed by atoms with Crippen molar-refractivity contribution in [3.8, 4) is 5.75 Å². The zero-order valence-corrected chi connectivity index (χ0v) is 6.92. The van der Waals surface area contributed by atoms with E-state index in [1.165, 1.54) is 6.20 Å². The number of hydrogen-bond acceptors (Lipinski definition) is 2. The van der Waals surface area contributed by atoms with Crippen molar-refractivity contribution in [2.75, 3.05) is 0 Å². The van der Waals surface area contributed by atoms with Crippen LogP contribution in [0.5, 0.6) is 5.75 Å². The highest BCUT2D eigenvalue weighted by atomic mass is 35.5. The van der Waals surface area contributed by atoms with Crippen LogP contribution in [-0.4, -0.2) is 10.1 Å². The molecule has 0 amide bonds. The van der Waals surface area contributed by atoms with Gasteiger partial charge in [0.1, 0.15) is 5.75 Å². The molecular formula is C9H6ClNO. The lowest BCUT2D eigenvalue weighted by Crippen LogP contribution is -1.77. The lowest BCUT2D eigenvalue weighted by Gasteiger charge is -2.00. The second-order valence-electron chi connectivity index (χ2n) is 2.50. The fraction of sp³-hybridized carbons (Fsp3) is 0. The molecule has 2 aromatic rings. The maximum atomic E-state index is 9.41. The van der Waals surface area contributed by atoms with Crippen molar-refractivity contribution < 1.29 is 5.11 Å². The molecule has 0 spiro atoms. The highest BCUT2D eigenvalue weighted by molar-refractivity contribution is 6.36. The molecular weight excluding hydrogens is 174 g/mol. The van der Waals surface area contributed by atoms with Crippen molar-refractivity contribution >= 4 is 22.4 Å². The molecule has 0 radical (unpaired) electrons. The Morgan fingerprint density at radius 1 is 1.25 bits per heavy atom. The lowest BCUT2D eigenvalue weighted by atomic mass is 10.2. The number of rotatable bonds is 0. The van der Waals surface area contributed by atoms with E-state index < -0.39 is 0 Å². The van der Waals surface area contributed by atoms with Crippen LogP contribution in [-0.2, 0) is 0 Å². The summed E-state index contributed by atoms with van der Waals surface area (Å²) in [5, 5.41) is 11.5. The third-order valence-electron chi connectivity index (χ3n) is 1.71. The summed E-state index contributed by atoms with van der Waals surface area (Å²) in [7, 11) is 0. The van der Waals surface area contributed by atoms with Gasteiger partial charge in [0.15, 0.2) is 0 Å². The summed E-state index contributed by atoms with van der Waals surface area (Å²) < 4.78 is 0. The number of aromatic hydroxyl groups is 1. The number of aromatic nitrogens is 1. The van der Waals surface area contributed by atoms with E-state index in [4.69, 9.17) is 11.6 Å². The number of benzene rings is 1. The maximum absolute atomic E-state index is 9.41. The van der Waals surface area contributed by atoms with E-state index in [-0.39, 0.29) is 5.75 Å². The molecule has 3 heteroatoms. The van der Waals surface area contributed by atoms with Gasteiger partial charge in [-0.2, -0.15) is 0 Å². The summed E-state index contributed by atoms with van der Waals surface area (Å²) in [6.07, 6.45) is 3.05. The highest BCUT2D eigenvalue weighted by Gasteiger charge is 2.02. The zero-order chi connectivity index (χ0) is 8.55. The van der Waals surface area contributed by atoms with E-state index in [2.05, 4.69) is 4.98 Å². The Morgan fingerprint density at radius 2 is 2.08 bits per heavy atom. The molecule has 60 valence electrons. The topological polar surface area (TPSA) is 33.1 Å². The molecule has 0 aliphatic carbocycles. The van der Waals surface area contributed by atoms with Crippen LogP contribution in [0.2, 0.25) is 5.02 Å². The van der Waals surface area contributed by atoms with Crippen LogP contribution in [0.3, 0.4) is 0 Å². The smallest absolute Gasteiger partial charge is 0.143 e. The first-order chi connectivity index (χ1) is 5.79. The normalized spacial score (nSPS) is 10.4. The van der Waals surface area contributed by atoms with Crippen molar-refractivity contribution in [3.63, 3.8) is 0 Å². The molecule has 0 aliphatic rings. The van der Waals surface area contributed by atoms with Gasteiger partial charge in [-0.15, -0.1) is 0 Å². The second kappa shape index (κ2) is 2.64. The van der Waals surface area contributed by atoms with Crippen molar-refractivity contribution in [1.82, 2.24) is 4.98 Å². The molecule has 0 aliphatic heterocycles. The largest absolute Gasteiger partial charge is 0.506 e. The molecule has 1 aromatic carbocycles. The molecule has 2 nitrogen and oxygen atoms in total. The van der Waals surface area contributed by atoms with Gasteiger partial charge in [-0.1, -0.05) is 23.7 Å². The van der Waals surface area contributed by atoms with Gasteiger partial charge in [0.25, 0.3) is 0 Å². The van der Waals surface area contributed by atoms with Gasteiger partial charge < -0.3 is 5.11 Å². The molecule has 0 bridgehead atoms. The molecule has 0 atom stereocenters. The molecule has 12 heavy (non-hydrogen) atoms. The summed E-state index contributed by atoms with van der Waals surface area (Å²) in [6, 6.07) is 5.42. The van der Waals surface area contributed by atoms with Gasteiger partial charge in [-0.3, -0.25) is 4.98 Å². The Hall–Kier alpha value is -1.28. The van der Waals surface area contributed by atoms with Crippen molar-refractivity contribution in [2.45, 2.75) is 0 Å². The van der Waals surface area contributed by atoms with E-state index >= 15 is 0 Å². The van der Waals surface area contributed by atoms with Crippen LogP contribution < -0.4 is 0 Å². The Labute approximate surface area is 74.4 Å². The number of fused-ring (bicyclic) bond motifs is 1. The van der Waals surface area contributed by atoms with Gasteiger partial charge in [0.05, 0.1) is 11.2 Å². The third-order valence-corrected chi connectivity index (χ3v) is 2.03. The zero-order valence-electron chi connectivity index (χ0n) is 6.16. The van der Waals surface area contributed by atoms with Crippen LogP contribution in [0, 0.1) is 0 Å². The van der Waals surface area contributed by atoms with Crippen molar-refractivity contribution in [3.05, 3.63) is 35.6 Å². The summed E-state index contributed by atoms with van der Waals surface area (Å²) >= 11 is 5.87. The number of pyridine rings is 1. The summed E-state index contributed by atoms with van der Waals surface area (Å²) in [5.74, 6) is 0.123. The van der Waals surface area contributed by atoms with Crippen molar-refractivity contribution in [1.29, 1.82) is 0 Å². The minimum Gasteiger partial charge on any atom is -0.506 e. The quantitative estimate of drug-likeness (QED) is 0.675. The van der Waals surface area contributed by atoms with Gasteiger partial charge in [-0.25, -0.2) is 0 Å². The minimum atomic E-state index is 0.123. The molecule has 1 heterocycles. The van der Waals surface area contributed by atoms with Crippen LogP contribution >= 0.6 is 11.6 Å². The fourth-order valence-corrected chi connectivity index (χ4v) is 1.45.